The van der Waals surface area contributed by atoms with Crippen LogP contribution in [0.4, 0.5) is 5.69 Å². The standard InChI is InChI=1S/C22H27NO4/c1-5-15(3)19-9-7-8-10-20(19)23-21(24)16(4)27-22(25)17-11-13-18(14-12-17)26-6-2/h7-16H,5-6H2,1-4H3,(H,23,24)/t15-,16-/m1/s1. The molecule has 2 atom stereocenters. The highest BCUT2D eigenvalue weighted by Gasteiger charge is 2.20. The van der Waals surface area contributed by atoms with Gasteiger partial charge in [-0.25, -0.2) is 4.79 Å². The normalized spacial score (nSPS) is 12.7. The molecule has 1 N–H and O–H groups in total. The van der Waals surface area contributed by atoms with Crippen LogP contribution in [0, 0.1) is 0 Å². The van der Waals surface area contributed by atoms with E-state index in [1.807, 2.05) is 31.2 Å². The van der Waals surface area contributed by atoms with E-state index < -0.39 is 12.1 Å². The van der Waals surface area contributed by atoms with E-state index in [1.54, 1.807) is 31.2 Å². The summed E-state index contributed by atoms with van der Waals surface area (Å²) in [6.45, 7) is 8.22. The van der Waals surface area contributed by atoms with Crippen molar-refractivity contribution in [3.8, 4) is 5.75 Å². The molecule has 2 aromatic carbocycles. The summed E-state index contributed by atoms with van der Waals surface area (Å²) in [4.78, 5) is 24.7. The summed E-state index contributed by atoms with van der Waals surface area (Å²) in [6, 6.07) is 14.3. The molecule has 5 heteroatoms. The third-order valence-corrected chi connectivity index (χ3v) is 4.42. The molecule has 0 aromatic heterocycles. The minimum absolute atomic E-state index is 0.322. The van der Waals surface area contributed by atoms with E-state index in [9.17, 15) is 9.59 Å². The van der Waals surface area contributed by atoms with Crippen molar-refractivity contribution in [2.45, 2.75) is 46.1 Å². The van der Waals surface area contributed by atoms with Crippen LogP contribution in [0.15, 0.2) is 48.5 Å². The summed E-state index contributed by atoms with van der Waals surface area (Å²) in [7, 11) is 0. The van der Waals surface area contributed by atoms with Gasteiger partial charge >= 0.3 is 5.97 Å². The molecule has 0 aliphatic heterocycles. The maximum absolute atomic E-state index is 12.5. The highest BCUT2D eigenvalue weighted by Crippen LogP contribution is 2.26. The van der Waals surface area contributed by atoms with Gasteiger partial charge in [0, 0.05) is 5.69 Å². The molecule has 0 fully saturated rings. The zero-order valence-corrected chi connectivity index (χ0v) is 16.3. The minimum atomic E-state index is -0.908. The molecule has 2 rings (SSSR count). The summed E-state index contributed by atoms with van der Waals surface area (Å²) >= 11 is 0. The Kier molecular flexibility index (Phi) is 7.41. The van der Waals surface area contributed by atoms with Crippen molar-refractivity contribution < 1.29 is 19.1 Å². The number of benzene rings is 2. The first kappa shape index (κ1) is 20.5. The van der Waals surface area contributed by atoms with Crippen LogP contribution in [0.25, 0.3) is 0 Å². The first-order valence-corrected chi connectivity index (χ1v) is 9.29. The van der Waals surface area contributed by atoms with Crippen molar-refractivity contribution >= 4 is 17.6 Å². The van der Waals surface area contributed by atoms with Crippen LogP contribution < -0.4 is 10.1 Å². The number of hydrogen-bond acceptors (Lipinski definition) is 4. The number of carbonyl (C=O) groups excluding carboxylic acids is 2. The lowest BCUT2D eigenvalue weighted by Crippen LogP contribution is -2.30. The number of anilines is 1. The second kappa shape index (κ2) is 9.76. The summed E-state index contributed by atoms with van der Waals surface area (Å²) < 4.78 is 10.7. The maximum atomic E-state index is 12.5. The van der Waals surface area contributed by atoms with Crippen molar-refractivity contribution in [1.29, 1.82) is 0 Å². The highest BCUT2D eigenvalue weighted by molar-refractivity contribution is 5.97. The van der Waals surface area contributed by atoms with E-state index >= 15 is 0 Å². The molecule has 0 heterocycles. The molecule has 2 aromatic rings. The maximum Gasteiger partial charge on any atom is 0.338 e. The van der Waals surface area contributed by atoms with E-state index in [-0.39, 0.29) is 5.91 Å². The lowest BCUT2D eigenvalue weighted by molar-refractivity contribution is -0.123. The van der Waals surface area contributed by atoms with E-state index in [0.717, 1.165) is 17.7 Å². The quantitative estimate of drug-likeness (QED) is 0.680. The zero-order valence-electron chi connectivity index (χ0n) is 16.3. The van der Waals surface area contributed by atoms with Gasteiger partial charge in [-0.1, -0.05) is 32.0 Å². The molecular weight excluding hydrogens is 342 g/mol. The first-order valence-electron chi connectivity index (χ1n) is 9.29. The van der Waals surface area contributed by atoms with Crippen molar-refractivity contribution in [3.05, 3.63) is 59.7 Å². The molecular formula is C22H27NO4. The summed E-state index contributed by atoms with van der Waals surface area (Å²) in [6.07, 6.45) is 0.0591. The van der Waals surface area contributed by atoms with E-state index in [2.05, 4.69) is 19.2 Å². The molecule has 0 spiro atoms. The van der Waals surface area contributed by atoms with Gasteiger partial charge < -0.3 is 14.8 Å². The molecule has 27 heavy (non-hydrogen) atoms. The fourth-order valence-electron chi connectivity index (χ4n) is 2.63. The van der Waals surface area contributed by atoms with Gasteiger partial charge in [0.15, 0.2) is 6.10 Å². The fourth-order valence-corrected chi connectivity index (χ4v) is 2.63. The van der Waals surface area contributed by atoms with Crippen LogP contribution in [0.1, 0.15) is 56.0 Å². The second-order valence-electron chi connectivity index (χ2n) is 6.39. The number of carbonyl (C=O) groups is 2. The third kappa shape index (κ3) is 5.58. The average Bonchev–Trinajstić information content (AvgIpc) is 2.68. The van der Waals surface area contributed by atoms with Crippen molar-refractivity contribution in [2.75, 3.05) is 11.9 Å². The SMILES string of the molecule is CCOc1ccc(C(=O)O[C@H](C)C(=O)Nc2ccccc2[C@H](C)CC)cc1. The minimum Gasteiger partial charge on any atom is -0.494 e. The molecule has 0 aliphatic carbocycles. The first-order chi connectivity index (χ1) is 13.0. The molecule has 0 saturated heterocycles. The van der Waals surface area contributed by atoms with Crippen molar-refractivity contribution in [1.82, 2.24) is 0 Å². The van der Waals surface area contributed by atoms with Crippen molar-refractivity contribution in [2.24, 2.45) is 0 Å². The van der Waals surface area contributed by atoms with Gasteiger partial charge in [0.05, 0.1) is 12.2 Å². The number of hydrogen-bond donors (Lipinski definition) is 1. The van der Waals surface area contributed by atoms with Crippen LogP contribution in [0.3, 0.4) is 0 Å². The van der Waals surface area contributed by atoms with Crippen LogP contribution in [0.5, 0.6) is 5.75 Å². The van der Waals surface area contributed by atoms with E-state index in [4.69, 9.17) is 9.47 Å². The predicted molar refractivity (Wildman–Crippen MR) is 106 cm³/mol. The Bertz CT molecular complexity index is 770. The van der Waals surface area contributed by atoms with E-state index in [0.29, 0.717) is 23.8 Å². The number of ether oxygens (including phenoxy) is 2. The Labute approximate surface area is 160 Å². The average molecular weight is 369 g/mol. The Morgan fingerprint density at radius 3 is 2.30 bits per heavy atom. The molecule has 1 amide bonds. The highest BCUT2D eigenvalue weighted by atomic mass is 16.5. The second-order valence-corrected chi connectivity index (χ2v) is 6.39. The molecule has 0 bridgehead atoms. The Morgan fingerprint density at radius 2 is 1.67 bits per heavy atom. The molecule has 5 nitrogen and oxygen atoms in total. The monoisotopic (exact) mass is 369 g/mol. The van der Waals surface area contributed by atoms with Crippen molar-refractivity contribution in [3.63, 3.8) is 0 Å². The lowest BCUT2D eigenvalue weighted by Gasteiger charge is -2.18. The van der Waals surface area contributed by atoms with Gasteiger partial charge in [-0.05, 0) is 62.1 Å². The van der Waals surface area contributed by atoms with Gasteiger partial charge in [-0.2, -0.15) is 0 Å². The Balaban J connectivity index is 2.00. The molecule has 144 valence electrons. The summed E-state index contributed by atoms with van der Waals surface area (Å²) in [5, 5.41) is 2.87. The number of esters is 1. The number of rotatable bonds is 8. The Hall–Kier alpha value is -2.82. The van der Waals surface area contributed by atoms with Gasteiger partial charge in [0.2, 0.25) is 0 Å². The largest absolute Gasteiger partial charge is 0.494 e. The molecule has 0 radical (unpaired) electrons. The molecule has 0 unspecified atom stereocenters. The fraction of sp³-hybridized carbons (Fsp3) is 0.364. The third-order valence-electron chi connectivity index (χ3n) is 4.42. The number of nitrogens with one attached hydrogen (secondary N) is 1. The van der Waals surface area contributed by atoms with E-state index in [1.165, 1.54) is 0 Å². The predicted octanol–water partition coefficient (Wildman–Crippen LogP) is 4.78. The van der Waals surface area contributed by atoms with Crippen LogP contribution in [-0.2, 0) is 9.53 Å². The smallest absolute Gasteiger partial charge is 0.338 e. The molecule has 0 aliphatic rings. The molecule has 0 saturated carbocycles. The van der Waals surface area contributed by atoms with Crippen LogP contribution in [-0.4, -0.2) is 24.6 Å². The topological polar surface area (TPSA) is 64.6 Å². The Morgan fingerprint density at radius 1 is 1.00 bits per heavy atom. The number of para-hydroxylation sites is 1. The van der Waals surface area contributed by atoms with Gasteiger partial charge in [-0.15, -0.1) is 0 Å². The summed E-state index contributed by atoms with van der Waals surface area (Å²) in [5.74, 6) is 0.102. The lowest BCUT2D eigenvalue weighted by atomic mass is 9.97. The van der Waals surface area contributed by atoms with Gasteiger partial charge in [-0.3, -0.25) is 4.79 Å². The van der Waals surface area contributed by atoms with Gasteiger partial charge in [0.25, 0.3) is 5.91 Å². The van der Waals surface area contributed by atoms with Crippen LogP contribution in [0.2, 0.25) is 0 Å². The van der Waals surface area contributed by atoms with Crippen LogP contribution >= 0.6 is 0 Å². The zero-order chi connectivity index (χ0) is 19.8. The summed E-state index contributed by atoms with van der Waals surface area (Å²) in [5.41, 5.74) is 2.19. The number of amides is 1. The van der Waals surface area contributed by atoms with Gasteiger partial charge in [0.1, 0.15) is 5.75 Å².